The van der Waals surface area contributed by atoms with E-state index in [-0.39, 0.29) is 12.6 Å². The molecule has 1 fully saturated rings. The zero-order valence-corrected chi connectivity index (χ0v) is 11.8. The van der Waals surface area contributed by atoms with E-state index in [2.05, 4.69) is 5.32 Å². The summed E-state index contributed by atoms with van der Waals surface area (Å²) in [6.45, 7) is -0.553. The summed E-state index contributed by atoms with van der Waals surface area (Å²) in [6.07, 6.45) is -1.30. The number of hydrogen-bond donors (Lipinski definition) is 2. The molecule has 0 aromatic carbocycles. The molecule has 5 nitrogen and oxygen atoms in total. The van der Waals surface area contributed by atoms with Crippen molar-refractivity contribution >= 4 is 5.91 Å². The molecule has 1 aliphatic carbocycles. The van der Waals surface area contributed by atoms with Crippen molar-refractivity contribution in [3.8, 4) is 0 Å². The summed E-state index contributed by atoms with van der Waals surface area (Å²) in [4.78, 5) is 23.6. The fourth-order valence-corrected chi connectivity index (χ4v) is 2.35. The van der Waals surface area contributed by atoms with Gasteiger partial charge in [-0.25, -0.2) is 0 Å². The van der Waals surface area contributed by atoms with Gasteiger partial charge in [-0.2, -0.15) is 13.2 Å². The number of pyridine rings is 1. The van der Waals surface area contributed by atoms with Crippen LogP contribution in [-0.2, 0) is 17.5 Å². The number of aliphatic hydroxyl groups excluding tert-OH is 1. The minimum absolute atomic E-state index is 0.0784. The third-order valence-electron chi connectivity index (χ3n) is 3.62. The first kappa shape index (κ1) is 16.5. The van der Waals surface area contributed by atoms with Gasteiger partial charge in [0.05, 0.1) is 0 Å². The van der Waals surface area contributed by atoms with E-state index < -0.39 is 29.8 Å². The normalized spacial score (nSPS) is 16.4. The van der Waals surface area contributed by atoms with Crippen LogP contribution in [0.5, 0.6) is 0 Å². The smallest absolute Gasteiger partial charge is 0.396 e. The molecule has 122 valence electrons. The lowest BCUT2D eigenvalue weighted by Gasteiger charge is -2.17. The Morgan fingerprint density at radius 1 is 1.45 bits per heavy atom. The van der Waals surface area contributed by atoms with Crippen LogP contribution in [0.25, 0.3) is 0 Å². The molecule has 0 saturated heterocycles. The van der Waals surface area contributed by atoms with E-state index in [0.29, 0.717) is 18.4 Å². The number of aromatic nitrogens is 1. The van der Waals surface area contributed by atoms with Crippen molar-refractivity contribution < 1.29 is 23.1 Å². The molecule has 1 saturated carbocycles. The van der Waals surface area contributed by atoms with Gasteiger partial charge in [0, 0.05) is 18.8 Å². The van der Waals surface area contributed by atoms with Crippen LogP contribution in [0.1, 0.15) is 24.8 Å². The maximum absolute atomic E-state index is 12.6. The maximum Gasteiger partial charge on any atom is 0.421 e. The molecule has 1 unspecified atom stereocenters. The van der Waals surface area contributed by atoms with Gasteiger partial charge in [-0.1, -0.05) is 0 Å². The van der Waals surface area contributed by atoms with Gasteiger partial charge in [0.15, 0.2) is 0 Å². The molecule has 22 heavy (non-hydrogen) atoms. The van der Waals surface area contributed by atoms with Crippen molar-refractivity contribution in [1.82, 2.24) is 9.88 Å². The van der Waals surface area contributed by atoms with Crippen molar-refractivity contribution in [2.75, 3.05) is 6.61 Å². The quantitative estimate of drug-likeness (QED) is 0.826. The van der Waals surface area contributed by atoms with Gasteiger partial charge >= 0.3 is 6.18 Å². The summed E-state index contributed by atoms with van der Waals surface area (Å²) >= 11 is 0. The summed E-state index contributed by atoms with van der Waals surface area (Å²) in [5.74, 6) is -0.235. The molecule has 0 spiro atoms. The van der Waals surface area contributed by atoms with Gasteiger partial charge in [-0.3, -0.25) is 9.59 Å². The standard InChI is InChI=1S/C14H17F3N2O3/c15-14(16,17)10-2-1-6-19(13(10)22)8-12(21)18-11(5-7-20)9-3-4-9/h1-2,6,9,11,20H,3-5,7-8H2,(H,18,21). The van der Waals surface area contributed by atoms with Gasteiger partial charge in [-0.05, 0) is 37.3 Å². The second-order valence-corrected chi connectivity index (χ2v) is 5.38. The summed E-state index contributed by atoms with van der Waals surface area (Å²) in [5.41, 5.74) is -2.54. The second kappa shape index (κ2) is 6.51. The Morgan fingerprint density at radius 3 is 2.68 bits per heavy atom. The first-order valence-electron chi connectivity index (χ1n) is 7.00. The molecular weight excluding hydrogens is 301 g/mol. The zero-order valence-electron chi connectivity index (χ0n) is 11.8. The largest absolute Gasteiger partial charge is 0.421 e. The number of halogens is 3. The highest BCUT2D eigenvalue weighted by Crippen LogP contribution is 2.33. The van der Waals surface area contributed by atoms with Gasteiger partial charge in [-0.15, -0.1) is 0 Å². The van der Waals surface area contributed by atoms with Crippen LogP contribution in [0.2, 0.25) is 0 Å². The Balaban J connectivity index is 2.07. The van der Waals surface area contributed by atoms with Gasteiger partial charge < -0.3 is 15.0 Å². The Labute approximate surface area is 124 Å². The molecule has 0 aliphatic heterocycles. The lowest BCUT2D eigenvalue weighted by molar-refractivity contribution is -0.139. The maximum atomic E-state index is 12.6. The number of nitrogens with one attached hydrogen (secondary N) is 1. The average Bonchev–Trinajstić information content (AvgIpc) is 3.23. The summed E-state index contributed by atoms with van der Waals surface area (Å²) in [6, 6.07) is 1.58. The molecule has 1 aromatic rings. The van der Waals surface area contributed by atoms with Crippen LogP contribution in [0.3, 0.4) is 0 Å². The van der Waals surface area contributed by atoms with E-state index in [9.17, 15) is 22.8 Å². The molecule has 1 amide bonds. The molecular formula is C14H17F3N2O3. The predicted octanol–water partition coefficient (Wildman–Crippen LogP) is 1.14. The Kier molecular flexibility index (Phi) is 4.90. The molecule has 1 heterocycles. The molecule has 0 bridgehead atoms. The monoisotopic (exact) mass is 318 g/mol. The second-order valence-electron chi connectivity index (χ2n) is 5.38. The molecule has 1 aromatic heterocycles. The predicted molar refractivity (Wildman–Crippen MR) is 72.1 cm³/mol. The number of carbonyl (C=O) groups is 1. The van der Waals surface area contributed by atoms with E-state index >= 15 is 0 Å². The number of carbonyl (C=O) groups excluding carboxylic acids is 1. The fraction of sp³-hybridized carbons (Fsp3) is 0.571. The van der Waals surface area contributed by atoms with Crippen LogP contribution < -0.4 is 10.9 Å². The van der Waals surface area contributed by atoms with Gasteiger partial charge in [0.25, 0.3) is 5.56 Å². The lowest BCUT2D eigenvalue weighted by atomic mass is 10.1. The molecule has 8 heteroatoms. The Bertz CT molecular complexity index is 594. The van der Waals surface area contributed by atoms with E-state index in [1.54, 1.807) is 0 Å². The third-order valence-corrected chi connectivity index (χ3v) is 3.62. The number of rotatable bonds is 6. The molecule has 0 radical (unpaired) electrons. The number of amides is 1. The third kappa shape index (κ3) is 4.09. The molecule has 1 aliphatic rings. The number of hydrogen-bond acceptors (Lipinski definition) is 3. The summed E-state index contributed by atoms with van der Waals surface area (Å²) in [7, 11) is 0. The minimum Gasteiger partial charge on any atom is -0.396 e. The van der Waals surface area contributed by atoms with Crippen molar-refractivity contribution in [2.24, 2.45) is 5.92 Å². The Morgan fingerprint density at radius 2 is 2.14 bits per heavy atom. The van der Waals surface area contributed by atoms with E-state index in [1.807, 2.05) is 0 Å². The van der Waals surface area contributed by atoms with Crippen LogP contribution in [0.15, 0.2) is 23.1 Å². The summed E-state index contributed by atoms with van der Waals surface area (Å²) in [5, 5.41) is 11.6. The highest BCUT2D eigenvalue weighted by molar-refractivity contribution is 5.76. The van der Waals surface area contributed by atoms with Gasteiger partial charge in [0.2, 0.25) is 5.91 Å². The zero-order chi connectivity index (χ0) is 16.3. The van der Waals surface area contributed by atoms with Gasteiger partial charge in [0.1, 0.15) is 12.1 Å². The SMILES string of the molecule is O=C(Cn1cccc(C(F)(F)F)c1=O)NC(CCO)C1CC1. The number of alkyl halides is 3. The van der Waals surface area contributed by atoms with Crippen molar-refractivity contribution in [2.45, 2.75) is 38.0 Å². The van der Waals surface area contributed by atoms with Crippen molar-refractivity contribution in [1.29, 1.82) is 0 Å². The Hall–Kier alpha value is -1.83. The fourth-order valence-electron chi connectivity index (χ4n) is 2.35. The van der Waals surface area contributed by atoms with Crippen molar-refractivity contribution in [3.05, 3.63) is 34.2 Å². The van der Waals surface area contributed by atoms with Crippen LogP contribution in [-0.4, -0.2) is 28.2 Å². The van der Waals surface area contributed by atoms with Crippen LogP contribution >= 0.6 is 0 Å². The van der Waals surface area contributed by atoms with Crippen molar-refractivity contribution in [3.63, 3.8) is 0 Å². The highest BCUT2D eigenvalue weighted by atomic mass is 19.4. The van der Waals surface area contributed by atoms with Crippen LogP contribution in [0.4, 0.5) is 13.2 Å². The van der Waals surface area contributed by atoms with E-state index in [0.717, 1.165) is 29.7 Å². The summed E-state index contributed by atoms with van der Waals surface area (Å²) < 4.78 is 38.7. The van der Waals surface area contributed by atoms with E-state index in [4.69, 9.17) is 5.11 Å². The van der Waals surface area contributed by atoms with E-state index in [1.165, 1.54) is 0 Å². The lowest BCUT2D eigenvalue weighted by Crippen LogP contribution is -2.41. The number of aliphatic hydroxyl groups is 1. The average molecular weight is 318 g/mol. The molecule has 2 rings (SSSR count). The number of nitrogens with zero attached hydrogens (tertiary/aromatic N) is 1. The first-order chi connectivity index (χ1) is 10.3. The molecule has 1 atom stereocenters. The highest BCUT2D eigenvalue weighted by Gasteiger charge is 2.35. The van der Waals surface area contributed by atoms with Crippen LogP contribution in [0, 0.1) is 5.92 Å². The topological polar surface area (TPSA) is 71.3 Å². The first-order valence-corrected chi connectivity index (χ1v) is 7.00. The minimum atomic E-state index is -4.75. The molecule has 2 N–H and O–H groups in total.